The predicted octanol–water partition coefficient (Wildman–Crippen LogP) is 3.20. The second kappa shape index (κ2) is 6.56. The van der Waals surface area contributed by atoms with Gasteiger partial charge in [-0.2, -0.15) is 0 Å². The van der Waals surface area contributed by atoms with Crippen LogP contribution in [-0.2, 0) is 0 Å². The molecule has 2 aromatic rings. The van der Waals surface area contributed by atoms with Crippen molar-refractivity contribution >= 4 is 11.6 Å². The Labute approximate surface area is 148 Å². The molecule has 3 fully saturated rings. The Bertz CT molecular complexity index is 760. The summed E-state index contributed by atoms with van der Waals surface area (Å²) >= 11 is 0. The number of nitrogens with zero attached hydrogens (tertiary/aromatic N) is 1. The van der Waals surface area contributed by atoms with E-state index >= 15 is 0 Å². The van der Waals surface area contributed by atoms with Gasteiger partial charge in [-0.05, 0) is 63.0 Å². The van der Waals surface area contributed by atoms with E-state index in [4.69, 9.17) is 4.42 Å². The smallest absolute Gasteiger partial charge is 0.287 e. The fourth-order valence-electron chi connectivity index (χ4n) is 4.29. The van der Waals surface area contributed by atoms with Crippen LogP contribution in [0.1, 0.15) is 30.3 Å². The molecule has 3 saturated heterocycles. The van der Waals surface area contributed by atoms with Gasteiger partial charge in [-0.1, -0.05) is 12.1 Å². The maximum atomic E-state index is 12.7. The van der Waals surface area contributed by atoms with E-state index in [2.05, 4.69) is 22.5 Å². The SMILES string of the molecule is CNc1ccccc1-c1ccc(C(=O)N[C@@H]2C3CCN(CC3)[C@H]2C)o1. The van der Waals surface area contributed by atoms with Gasteiger partial charge in [0, 0.05) is 30.4 Å². The third-order valence-corrected chi connectivity index (χ3v) is 5.77. The highest BCUT2D eigenvalue weighted by molar-refractivity contribution is 5.92. The topological polar surface area (TPSA) is 57.5 Å². The molecule has 0 aliphatic carbocycles. The summed E-state index contributed by atoms with van der Waals surface area (Å²) in [4.78, 5) is 15.2. The van der Waals surface area contributed by atoms with Gasteiger partial charge < -0.3 is 15.1 Å². The van der Waals surface area contributed by atoms with Crippen LogP contribution in [0.15, 0.2) is 40.8 Å². The van der Waals surface area contributed by atoms with Crippen molar-refractivity contribution in [2.24, 2.45) is 5.92 Å². The average molecular weight is 339 g/mol. The molecule has 0 spiro atoms. The summed E-state index contributed by atoms with van der Waals surface area (Å²) < 4.78 is 5.87. The molecule has 25 heavy (non-hydrogen) atoms. The number of furan rings is 1. The Hall–Kier alpha value is -2.27. The first-order chi connectivity index (χ1) is 12.2. The van der Waals surface area contributed by atoms with Gasteiger partial charge in [0.15, 0.2) is 5.76 Å². The van der Waals surface area contributed by atoms with Crippen LogP contribution in [0.25, 0.3) is 11.3 Å². The first-order valence-corrected chi connectivity index (χ1v) is 9.09. The van der Waals surface area contributed by atoms with E-state index in [0.29, 0.717) is 23.5 Å². The Morgan fingerprint density at radius 3 is 2.64 bits per heavy atom. The number of nitrogens with one attached hydrogen (secondary N) is 2. The number of benzene rings is 1. The van der Waals surface area contributed by atoms with Crippen LogP contribution >= 0.6 is 0 Å². The van der Waals surface area contributed by atoms with Crippen molar-refractivity contribution in [2.45, 2.75) is 31.8 Å². The van der Waals surface area contributed by atoms with Gasteiger partial charge in [-0.25, -0.2) is 0 Å². The van der Waals surface area contributed by atoms with Crippen molar-refractivity contribution in [2.75, 3.05) is 25.5 Å². The van der Waals surface area contributed by atoms with Crippen molar-refractivity contribution in [3.63, 3.8) is 0 Å². The van der Waals surface area contributed by atoms with Gasteiger partial charge in [-0.15, -0.1) is 0 Å². The molecule has 2 atom stereocenters. The first-order valence-electron chi connectivity index (χ1n) is 9.09. The molecule has 2 bridgehead atoms. The Morgan fingerprint density at radius 2 is 1.92 bits per heavy atom. The number of hydrogen-bond donors (Lipinski definition) is 2. The van der Waals surface area contributed by atoms with Gasteiger partial charge in [-0.3, -0.25) is 9.69 Å². The molecule has 3 aliphatic rings. The number of carbonyl (C=O) groups excluding carboxylic acids is 1. The quantitative estimate of drug-likeness (QED) is 0.898. The number of anilines is 1. The average Bonchev–Trinajstić information content (AvgIpc) is 3.15. The van der Waals surface area contributed by atoms with Gasteiger partial charge in [0.1, 0.15) is 5.76 Å². The van der Waals surface area contributed by atoms with Crippen LogP contribution in [0.4, 0.5) is 5.69 Å². The third-order valence-electron chi connectivity index (χ3n) is 5.77. The van der Waals surface area contributed by atoms with Crippen molar-refractivity contribution in [1.29, 1.82) is 0 Å². The standard InChI is InChI=1S/C20H25N3O2/c1-13-19(14-9-11-23(13)12-10-14)22-20(24)18-8-7-17(25-18)15-5-3-4-6-16(15)21-2/h3-8,13-14,19,21H,9-12H2,1-2H3,(H,22,24)/t13-,19-/m0/s1. The minimum absolute atomic E-state index is 0.112. The maximum absolute atomic E-state index is 12.7. The highest BCUT2D eigenvalue weighted by Gasteiger charge is 2.40. The second-order valence-corrected chi connectivity index (χ2v) is 7.07. The van der Waals surface area contributed by atoms with Crippen LogP contribution in [0.2, 0.25) is 0 Å². The number of carbonyl (C=O) groups is 1. The minimum atomic E-state index is -0.112. The fraction of sp³-hybridized carbons (Fsp3) is 0.450. The van der Waals surface area contributed by atoms with Gasteiger partial charge in [0.2, 0.25) is 0 Å². The molecule has 5 rings (SSSR count). The lowest BCUT2D eigenvalue weighted by molar-refractivity contribution is 0.0211. The maximum Gasteiger partial charge on any atom is 0.287 e. The summed E-state index contributed by atoms with van der Waals surface area (Å²) in [5, 5.41) is 6.38. The molecular formula is C20H25N3O2. The molecule has 2 N–H and O–H groups in total. The molecule has 1 aromatic carbocycles. The van der Waals surface area contributed by atoms with Crippen molar-refractivity contribution in [3.8, 4) is 11.3 Å². The summed E-state index contributed by atoms with van der Waals surface area (Å²) in [6.45, 7) is 4.53. The van der Waals surface area contributed by atoms with E-state index in [1.54, 1.807) is 6.07 Å². The van der Waals surface area contributed by atoms with E-state index in [0.717, 1.165) is 24.3 Å². The minimum Gasteiger partial charge on any atom is -0.451 e. The van der Waals surface area contributed by atoms with Gasteiger partial charge in [0.25, 0.3) is 5.91 Å². The zero-order valence-electron chi connectivity index (χ0n) is 14.8. The molecule has 0 radical (unpaired) electrons. The lowest BCUT2D eigenvalue weighted by Gasteiger charge is -2.49. The number of amides is 1. The Kier molecular flexibility index (Phi) is 4.25. The first kappa shape index (κ1) is 16.2. The summed E-state index contributed by atoms with van der Waals surface area (Å²) in [7, 11) is 1.88. The number of rotatable bonds is 4. The molecule has 3 aliphatic heterocycles. The van der Waals surface area contributed by atoms with E-state index in [9.17, 15) is 4.79 Å². The zero-order valence-corrected chi connectivity index (χ0v) is 14.8. The lowest BCUT2D eigenvalue weighted by Crippen LogP contribution is -2.62. The molecule has 5 heteroatoms. The summed E-state index contributed by atoms with van der Waals surface area (Å²) in [6, 6.07) is 12.2. The summed E-state index contributed by atoms with van der Waals surface area (Å²) in [6.07, 6.45) is 2.35. The largest absolute Gasteiger partial charge is 0.451 e. The predicted molar refractivity (Wildman–Crippen MR) is 98.7 cm³/mol. The van der Waals surface area contributed by atoms with Crippen molar-refractivity contribution in [1.82, 2.24) is 10.2 Å². The molecule has 1 aromatic heterocycles. The van der Waals surface area contributed by atoms with Crippen LogP contribution in [-0.4, -0.2) is 43.0 Å². The molecule has 0 saturated carbocycles. The Morgan fingerprint density at radius 1 is 1.16 bits per heavy atom. The molecule has 132 valence electrons. The molecule has 1 amide bonds. The van der Waals surface area contributed by atoms with E-state index in [-0.39, 0.29) is 11.9 Å². The van der Waals surface area contributed by atoms with Crippen LogP contribution in [0.3, 0.4) is 0 Å². The van der Waals surface area contributed by atoms with E-state index in [1.807, 2.05) is 37.4 Å². The summed E-state index contributed by atoms with van der Waals surface area (Å²) in [5.41, 5.74) is 1.94. The van der Waals surface area contributed by atoms with E-state index < -0.39 is 0 Å². The van der Waals surface area contributed by atoms with Crippen LogP contribution in [0.5, 0.6) is 0 Å². The second-order valence-electron chi connectivity index (χ2n) is 7.07. The van der Waals surface area contributed by atoms with Gasteiger partial charge in [0.05, 0.1) is 0 Å². The number of piperidine rings is 3. The number of fused-ring (bicyclic) bond motifs is 3. The number of para-hydroxylation sites is 1. The Balaban J connectivity index is 1.51. The highest BCUT2D eigenvalue weighted by Crippen LogP contribution is 2.33. The molecule has 5 nitrogen and oxygen atoms in total. The fourth-order valence-corrected chi connectivity index (χ4v) is 4.29. The lowest BCUT2D eigenvalue weighted by atomic mass is 9.79. The zero-order chi connectivity index (χ0) is 17.4. The third kappa shape index (κ3) is 2.93. The van der Waals surface area contributed by atoms with Gasteiger partial charge >= 0.3 is 0 Å². The van der Waals surface area contributed by atoms with Crippen molar-refractivity contribution < 1.29 is 9.21 Å². The van der Waals surface area contributed by atoms with Crippen LogP contribution < -0.4 is 10.6 Å². The molecular weight excluding hydrogens is 314 g/mol. The van der Waals surface area contributed by atoms with E-state index in [1.165, 1.54) is 12.8 Å². The summed E-state index contributed by atoms with van der Waals surface area (Å²) in [5.74, 6) is 1.56. The highest BCUT2D eigenvalue weighted by atomic mass is 16.3. The normalized spacial score (nSPS) is 27.9. The van der Waals surface area contributed by atoms with Crippen molar-refractivity contribution in [3.05, 3.63) is 42.2 Å². The molecule has 4 heterocycles. The monoisotopic (exact) mass is 339 g/mol. The molecule has 0 unspecified atom stereocenters. The number of hydrogen-bond acceptors (Lipinski definition) is 4. The van der Waals surface area contributed by atoms with Crippen LogP contribution in [0, 0.1) is 5.92 Å².